The van der Waals surface area contributed by atoms with E-state index in [-0.39, 0.29) is 5.28 Å². The summed E-state index contributed by atoms with van der Waals surface area (Å²) in [5.74, 6) is 0. The highest BCUT2D eigenvalue weighted by Gasteiger charge is 2.16. The molecular weight excluding hydrogens is 256 g/mol. The van der Waals surface area contributed by atoms with Crippen LogP contribution in [0.15, 0.2) is 22.2 Å². The fourth-order valence-electron chi connectivity index (χ4n) is 1.39. The van der Waals surface area contributed by atoms with Gasteiger partial charge in [-0.2, -0.15) is 5.26 Å². The second kappa shape index (κ2) is 4.78. The number of nitriles is 1. The molecule has 0 aromatic carbocycles. The molecule has 0 unspecified atom stereocenters. The Balaban J connectivity index is 2.47. The molecular formula is C11H9ClN4S. The second-order valence-electron chi connectivity index (χ2n) is 3.52. The monoisotopic (exact) mass is 264 g/mol. The predicted octanol–water partition coefficient (Wildman–Crippen LogP) is 2.83. The molecule has 0 spiro atoms. The molecule has 6 heteroatoms. The Labute approximate surface area is 108 Å². The van der Waals surface area contributed by atoms with Gasteiger partial charge in [0.05, 0.1) is 10.7 Å². The van der Waals surface area contributed by atoms with E-state index in [1.807, 2.05) is 19.3 Å². The predicted molar refractivity (Wildman–Crippen MR) is 68.8 cm³/mol. The first-order valence-electron chi connectivity index (χ1n) is 4.86. The van der Waals surface area contributed by atoms with Gasteiger partial charge in [0.15, 0.2) is 0 Å². The molecule has 0 fully saturated rings. The molecule has 4 nitrogen and oxygen atoms in total. The largest absolute Gasteiger partial charge is 0.352 e. The quantitative estimate of drug-likeness (QED) is 0.624. The first-order valence-corrected chi connectivity index (χ1v) is 6.12. The van der Waals surface area contributed by atoms with Gasteiger partial charge < -0.3 is 5.32 Å². The van der Waals surface area contributed by atoms with Gasteiger partial charge in [-0.15, -0.1) is 0 Å². The summed E-state index contributed by atoms with van der Waals surface area (Å²) in [6, 6.07) is 3.89. The highest BCUT2D eigenvalue weighted by atomic mass is 35.5. The van der Waals surface area contributed by atoms with Crippen molar-refractivity contribution in [2.75, 3.05) is 0 Å². The molecule has 17 heavy (non-hydrogen) atoms. The summed E-state index contributed by atoms with van der Waals surface area (Å²) < 4.78 is 0. The fraction of sp³-hybridized carbons (Fsp3) is 0.182. The molecule has 2 rings (SSSR count). The minimum absolute atomic E-state index is 0.154. The molecule has 0 bridgehead atoms. The normalized spacial score (nSPS) is 17.2. The second-order valence-corrected chi connectivity index (χ2v) is 4.74. The number of nitrogens with zero attached hydrogens (tertiary/aromatic N) is 3. The van der Waals surface area contributed by atoms with Crippen LogP contribution in [0.5, 0.6) is 0 Å². The van der Waals surface area contributed by atoms with Crippen molar-refractivity contribution in [1.82, 2.24) is 15.3 Å². The third-order valence-electron chi connectivity index (χ3n) is 2.09. The molecule has 86 valence electrons. The molecule has 1 aliphatic rings. The van der Waals surface area contributed by atoms with Crippen molar-refractivity contribution < 1.29 is 0 Å². The number of aromatic nitrogens is 2. The average Bonchev–Trinajstić information content (AvgIpc) is 2.64. The number of hydrogen-bond acceptors (Lipinski definition) is 5. The lowest BCUT2D eigenvalue weighted by atomic mass is 10.2. The molecule has 1 aromatic heterocycles. The van der Waals surface area contributed by atoms with Crippen LogP contribution in [-0.2, 0) is 0 Å². The van der Waals surface area contributed by atoms with Crippen molar-refractivity contribution >= 4 is 28.9 Å². The number of aryl methyl sites for hydroxylation is 1. The van der Waals surface area contributed by atoms with Crippen molar-refractivity contribution in [2.45, 2.75) is 13.8 Å². The minimum atomic E-state index is 0.154. The zero-order valence-electron chi connectivity index (χ0n) is 9.28. The maximum atomic E-state index is 9.22. The molecule has 0 saturated carbocycles. The zero-order valence-corrected chi connectivity index (χ0v) is 10.9. The summed E-state index contributed by atoms with van der Waals surface area (Å²) in [6.07, 6.45) is 0. The van der Waals surface area contributed by atoms with E-state index in [1.165, 1.54) is 11.8 Å². The van der Waals surface area contributed by atoms with Crippen molar-refractivity contribution in [3.05, 3.63) is 38.9 Å². The minimum Gasteiger partial charge on any atom is -0.352 e. The third kappa shape index (κ3) is 2.60. The maximum absolute atomic E-state index is 9.22. The summed E-state index contributed by atoms with van der Waals surface area (Å²) in [5.41, 5.74) is 2.77. The van der Waals surface area contributed by atoms with Crippen molar-refractivity contribution in [3.8, 4) is 6.07 Å². The molecule has 1 aromatic rings. The van der Waals surface area contributed by atoms with Crippen LogP contribution in [0.2, 0.25) is 5.28 Å². The van der Waals surface area contributed by atoms with E-state index in [1.54, 1.807) is 6.07 Å². The molecule has 1 aliphatic heterocycles. The van der Waals surface area contributed by atoms with Crippen LogP contribution in [0.4, 0.5) is 0 Å². The average molecular weight is 265 g/mol. The number of thioether (sulfide) groups is 1. The first kappa shape index (κ1) is 12.0. The Morgan fingerprint density at radius 1 is 1.47 bits per heavy atom. The summed E-state index contributed by atoms with van der Waals surface area (Å²) in [4.78, 5) is 8.05. The summed E-state index contributed by atoms with van der Waals surface area (Å²) >= 11 is 7.26. The van der Waals surface area contributed by atoms with Crippen LogP contribution < -0.4 is 5.32 Å². The Morgan fingerprint density at radius 2 is 2.24 bits per heavy atom. The number of rotatable bonds is 1. The van der Waals surface area contributed by atoms with Gasteiger partial charge in [-0.05, 0) is 36.9 Å². The Bertz CT molecular complexity index is 551. The van der Waals surface area contributed by atoms with Crippen molar-refractivity contribution in [1.29, 1.82) is 5.26 Å². The Morgan fingerprint density at radius 3 is 2.76 bits per heavy atom. The third-order valence-corrected chi connectivity index (χ3v) is 3.27. The highest BCUT2D eigenvalue weighted by Crippen LogP contribution is 2.30. The molecule has 1 N–H and O–H groups in total. The van der Waals surface area contributed by atoms with Crippen LogP contribution in [-0.4, -0.2) is 9.97 Å². The zero-order chi connectivity index (χ0) is 12.4. The number of allylic oxidation sites excluding steroid dienone is 2. The van der Waals surface area contributed by atoms with E-state index in [0.29, 0.717) is 11.3 Å². The van der Waals surface area contributed by atoms with Gasteiger partial charge in [0.25, 0.3) is 0 Å². The van der Waals surface area contributed by atoms with Crippen molar-refractivity contribution in [3.63, 3.8) is 0 Å². The number of halogens is 1. The SMILES string of the molecule is CC1=CSC(=C(C#N)c2cc(C)nc(Cl)n2)N1. The topological polar surface area (TPSA) is 61.6 Å². The molecule has 0 radical (unpaired) electrons. The van der Waals surface area contributed by atoms with E-state index in [4.69, 9.17) is 11.6 Å². The number of nitrogens with one attached hydrogen (secondary N) is 1. The Hall–Kier alpha value is -1.51. The van der Waals surface area contributed by atoms with Gasteiger partial charge >= 0.3 is 0 Å². The summed E-state index contributed by atoms with van der Waals surface area (Å²) in [7, 11) is 0. The van der Waals surface area contributed by atoms with E-state index in [9.17, 15) is 5.26 Å². The van der Waals surface area contributed by atoms with Gasteiger partial charge in [-0.25, -0.2) is 9.97 Å². The van der Waals surface area contributed by atoms with Gasteiger partial charge in [-0.1, -0.05) is 11.8 Å². The molecule has 0 saturated heterocycles. The summed E-state index contributed by atoms with van der Waals surface area (Å²) in [5, 5.41) is 15.2. The first-order chi connectivity index (χ1) is 8.10. The highest BCUT2D eigenvalue weighted by molar-refractivity contribution is 8.06. The fourth-order valence-corrected chi connectivity index (χ4v) is 2.46. The van der Waals surface area contributed by atoms with E-state index < -0.39 is 0 Å². The summed E-state index contributed by atoms with van der Waals surface area (Å²) in [6.45, 7) is 3.75. The van der Waals surface area contributed by atoms with E-state index in [2.05, 4.69) is 21.4 Å². The molecule has 0 amide bonds. The van der Waals surface area contributed by atoms with E-state index >= 15 is 0 Å². The van der Waals surface area contributed by atoms with Crippen LogP contribution in [0.1, 0.15) is 18.3 Å². The molecule has 0 aliphatic carbocycles. The molecule has 0 atom stereocenters. The maximum Gasteiger partial charge on any atom is 0.223 e. The van der Waals surface area contributed by atoms with Gasteiger partial charge in [0, 0.05) is 11.4 Å². The lowest BCUT2D eigenvalue weighted by Gasteiger charge is -2.05. The van der Waals surface area contributed by atoms with Crippen LogP contribution in [0, 0.1) is 18.3 Å². The standard InChI is InChI=1S/C11H9ClN4S/c1-6-3-9(16-11(12)15-6)8(4-13)10-14-7(2)5-17-10/h3,5,14H,1-2H3. The van der Waals surface area contributed by atoms with Crippen LogP contribution in [0.25, 0.3) is 5.57 Å². The van der Waals surface area contributed by atoms with Crippen LogP contribution in [0.3, 0.4) is 0 Å². The number of hydrogen-bond donors (Lipinski definition) is 1. The van der Waals surface area contributed by atoms with Gasteiger partial charge in [0.2, 0.25) is 5.28 Å². The van der Waals surface area contributed by atoms with Gasteiger partial charge in [0.1, 0.15) is 11.6 Å². The lowest BCUT2D eigenvalue weighted by molar-refractivity contribution is 1.05. The molecule has 2 heterocycles. The Kier molecular flexibility index (Phi) is 3.36. The van der Waals surface area contributed by atoms with E-state index in [0.717, 1.165) is 16.4 Å². The smallest absolute Gasteiger partial charge is 0.223 e. The van der Waals surface area contributed by atoms with Gasteiger partial charge in [-0.3, -0.25) is 0 Å². The lowest BCUT2D eigenvalue weighted by Crippen LogP contribution is -2.05. The van der Waals surface area contributed by atoms with Crippen LogP contribution >= 0.6 is 23.4 Å². The van der Waals surface area contributed by atoms with Crippen molar-refractivity contribution in [2.24, 2.45) is 0 Å².